The Kier molecular flexibility index (Phi) is 4.74. The first-order valence-electron chi connectivity index (χ1n) is 7.92. The van der Waals surface area contributed by atoms with E-state index in [0.717, 1.165) is 5.92 Å². The minimum absolute atomic E-state index is 0.191. The Bertz CT molecular complexity index is 425. The molecule has 0 saturated carbocycles. The maximum absolute atomic E-state index is 3.78. The number of benzene rings is 1. The van der Waals surface area contributed by atoms with Crippen LogP contribution in [-0.4, -0.2) is 31.1 Å². The van der Waals surface area contributed by atoms with E-state index in [1.54, 1.807) is 0 Å². The minimum Gasteiger partial charge on any atom is -0.382 e. The van der Waals surface area contributed by atoms with Crippen LogP contribution in [-0.2, 0) is 5.41 Å². The van der Waals surface area contributed by atoms with E-state index in [0.29, 0.717) is 6.04 Å². The summed E-state index contributed by atoms with van der Waals surface area (Å²) in [6, 6.07) is 9.31. The molecule has 20 heavy (non-hydrogen) atoms. The molecule has 1 aliphatic rings. The first-order chi connectivity index (χ1) is 9.38. The molecule has 1 aliphatic heterocycles. The van der Waals surface area contributed by atoms with Crippen molar-refractivity contribution >= 4 is 5.69 Å². The molecule has 2 heteroatoms. The van der Waals surface area contributed by atoms with Crippen molar-refractivity contribution in [2.24, 2.45) is 5.92 Å². The van der Waals surface area contributed by atoms with Crippen molar-refractivity contribution in [2.75, 3.05) is 25.5 Å². The summed E-state index contributed by atoms with van der Waals surface area (Å²) in [6.07, 6.45) is 2.62. The van der Waals surface area contributed by atoms with Crippen LogP contribution >= 0.6 is 0 Å². The van der Waals surface area contributed by atoms with Gasteiger partial charge in [-0.15, -0.1) is 0 Å². The number of nitrogens with one attached hydrogen (secondary N) is 1. The van der Waals surface area contributed by atoms with E-state index in [9.17, 15) is 0 Å². The number of nitrogens with zero attached hydrogens (tertiary/aromatic N) is 1. The molecule has 2 rings (SSSR count). The van der Waals surface area contributed by atoms with Crippen molar-refractivity contribution in [3.05, 3.63) is 29.8 Å². The van der Waals surface area contributed by atoms with Gasteiger partial charge in [-0.1, -0.05) is 39.0 Å². The second-order valence-corrected chi connectivity index (χ2v) is 7.37. The molecule has 0 amide bonds. The molecule has 1 saturated heterocycles. The Morgan fingerprint density at radius 1 is 1.15 bits per heavy atom. The largest absolute Gasteiger partial charge is 0.382 e. The molecule has 0 aromatic heterocycles. The monoisotopic (exact) mass is 274 g/mol. The predicted octanol–water partition coefficient (Wildman–Crippen LogP) is 4.13. The molecule has 112 valence electrons. The highest BCUT2D eigenvalue weighted by atomic mass is 15.1. The van der Waals surface area contributed by atoms with Gasteiger partial charge in [0.05, 0.1) is 0 Å². The number of para-hydroxylation sites is 1. The molecular formula is C18H30N2. The van der Waals surface area contributed by atoms with Gasteiger partial charge in [0, 0.05) is 11.7 Å². The maximum Gasteiger partial charge on any atom is 0.0380 e. The van der Waals surface area contributed by atoms with Gasteiger partial charge in [0.1, 0.15) is 0 Å². The van der Waals surface area contributed by atoms with Crippen LogP contribution in [0.5, 0.6) is 0 Å². The molecular weight excluding hydrogens is 244 g/mol. The molecule has 1 unspecified atom stereocenters. The lowest BCUT2D eigenvalue weighted by Crippen LogP contribution is -2.37. The fourth-order valence-electron chi connectivity index (χ4n) is 3.15. The third-order valence-corrected chi connectivity index (χ3v) is 4.59. The van der Waals surface area contributed by atoms with Crippen molar-refractivity contribution in [1.82, 2.24) is 4.90 Å². The fourth-order valence-corrected chi connectivity index (χ4v) is 3.15. The summed E-state index contributed by atoms with van der Waals surface area (Å²) in [7, 11) is 2.23. The van der Waals surface area contributed by atoms with Gasteiger partial charge >= 0.3 is 0 Å². The summed E-state index contributed by atoms with van der Waals surface area (Å²) in [5.41, 5.74) is 2.92. The summed E-state index contributed by atoms with van der Waals surface area (Å²) in [5.74, 6) is 0.791. The molecule has 1 aromatic carbocycles. The van der Waals surface area contributed by atoms with E-state index in [1.807, 2.05) is 0 Å². The quantitative estimate of drug-likeness (QED) is 0.891. The summed E-state index contributed by atoms with van der Waals surface area (Å²) < 4.78 is 0. The second kappa shape index (κ2) is 6.17. The zero-order valence-electron chi connectivity index (χ0n) is 13.7. The number of anilines is 1. The normalized spacial score (nSPS) is 19.9. The highest BCUT2D eigenvalue weighted by Gasteiger charge is 2.24. The van der Waals surface area contributed by atoms with E-state index in [-0.39, 0.29) is 5.41 Å². The summed E-state index contributed by atoms with van der Waals surface area (Å²) in [5, 5.41) is 3.78. The first kappa shape index (κ1) is 15.4. The van der Waals surface area contributed by atoms with Crippen molar-refractivity contribution < 1.29 is 0 Å². The molecule has 2 nitrogen and oxygen atoms in total. The Morgan fingerprint density at radius 2 is 1.75 bits per heavy atom. The second-order valence-electron chi connectivity index (χ2n) is 7.37. The fraction of sp³-hybridized carbons (Fsp3) is 0.667. The smallest absolute Gasteiger partial charge is 0.0380 e. The third kappa shape index (κ3) is 3.76. The number of hydrogen-bond donors (Lipinski definition) is 1. The molecule has 1 atom stereocenters. The van der Waals surface area contributed by atoms with Gasteiger partial charge in [-0.25, -0.2) is 0 Å². The van der Waals surface area contributed by atoms with Gasteiger partial charge in [-0.2, -0.15) is 0 Å². The van der Waals surface area contributed by atoms with Crippen molar-refractivity contribution in [1.29, 1.82) is 0 Å². The van der Waals surface area contributed by atoms with Gasteiger partial charge < -0.3 is 10.2 Å². The van der Waals surface area contributed by atoms with Crippen LogP contribution in [0.25, 0.3) is 0 Å². The third-order valence-electron chi connectivity index (χ3n) is 4.59. The topological polar surface area (TPSA) is 15.3 Å². The first-order valence-corrected chi connectivity index (χ1v) is 7.92. The van der Waals surface area contributed by atoms with Crippen LogP contribution in [0.15, 0.2) is 24.3 Å². The number of piperidine rings is 1. The van der Waals surface area contributed by atoms with Gasteiger partial charge in [0.25, 0.3) is 0 Å². The van der Waals surface area contributed by atoms with Crippen LogP contribution in [0.3, 0.4) is 0 Å². The average molecular weight is 274 g/mol. The van der Waals surface area contributed by atoms with Crippen LogP contribution in [0, 0.1) is 5.92 Å². The molecule has 1 heterocycles. The van der Waals surface area contributed by atoms with Crippen molar-refractivity contribution in [2.45, 2.75) is 52.0 Å². The highest BCUT2D eigenvalue weighted by Crippen LogP contribution is 2.31. The van der Waals surface area contributed by atoms with Gasteiger partial charge in [-0.3, -0.25) is 0 Å². The van der Waals surface area contributed by atoms with Gasteiger partial charge in [0.2, 0.25) is 0 Å². The zero-order chi connectivity index (χ0) is 14.8. The van der Waals surface area contributed by atoms with E-state index in [4.69, 9.17) is 0 Å². The standard InChI is InChI=1S/C18H30N2/c1-14(15-10-12-20(5)13-11-15)19-17-9-7-6-8-16(17)18(2,3)4/h6-9,14-15,19H,10-13H2,1-5H3. The van der Waals surface area contributed by atoms with Crippen LogP contribution < -0.4 is 5.32 Å². The Hall–Kier alpha value is -1.02. The molecule has 0 radical (unpaired) electrons. The summed E-state index contributed by atoms with van der Waals surface area (Å²) in [6.45, 7) is 11.7. The Labute approximate surface area is 124 Å². The zero-order valence-corrected chi connectivity index (χ0v) is 13.7. The summed E-state index contributed by atoms with van der Waals surface area (Å²) in [4.78, 5) is 2.44. The Morgan fingerprint density at radius 3 is 2.35 bits per heavy atom. The van der Waals surface area contributed by atoms with Gasteiger partial charge in [-0.05, 0) is 62.9 Å². The average Bonchev–Trinajstić information content (AvgIpc) is 2.38. The molecule has 1 aromatic rings. The molecule has 0 aliphatic carbocycles. The molecule has 1 fully saturated rings. The molecule has 1 N–H and O–H groups in total. The van der Waals surface area contributed by atoms with E-state index in [2.05, 4.69) is 69.2 Å². The van der Waals surface area contributed by atoms with Crippen LogP contribution in [0.1, 0.15) is 46.1 Å². The minimum atomic E-state index is 0.191. The predicted molar refractivity (Wildman–Crippen MR) is 88.4 cm³/mol. The lowest BCUT2D eigenvalue weighted by Gasteiger charge is -2.34. The lowest BCUT2D eigenvalue weighted by molar-refractivity contribution is 0.208. The molecule has 0 bridgehead atoms. The van der Waals surface area contributed by atoms with Gasteiger partial charge in [0.15, 0.2) is 0 Å². The van der Waals surface area contributed by atoms with E-state index >= 15 is 0 Å². The number of rotatable bonds is 3. The van der Waals surface area contributed by atoms with E-state index in [1.165, 1.54) is 37.2 Å². The van der Waals surface area contributed by atoms with Crippen LogP contribution in [0.4, 0.5) is 5.69 Å². The highest BCUT2D eigenvalue weighted by molar-refractivity contribution is 5.54. The number of hydrogen-bond acceptors (Lipinski definition) is 2. The van der Waals surface area contributed by atoms with Crippen LogP contribution in [0.2, 0.25) is 0 Å². The maximum atomic E-state index is 3.78. The SMILES string of the molecule is CC(Nc1ccccc1C(C)(C)C)C1CCN(C)CC1. The van der Waals surface area contributed by atoms with Crippen molar-refractivity contribution in [3.63, 3.8) is 0 Å². The number of likely N-dealkylation sites (tertiary alicyclic amines) is 1. The molecule has 0 spiro atoms. The van der Waals surface area contributed by atoms with Crippen molar-refractivity contribution in [3.8, 4) is 0 Å². The lowest BCUT2D eigenvalue weighted by atomic mass is 9.85. The Balaban J connectivity index is 2.06. The van der Waals surface area contributed by atoms with E-state index < -0.39 is 0 Å². The summed E-state index contributed by atoms with van der Waals surface area (Å²) >= 11 is 0.